The number of rotatable bonds is 5. The molecule has 118 valence electrons. The number of hydrogen-bond donors (Lipinski definition) is 1. The number of carbonyl (C=O) groups is 1. The van der Waals surface area contributed by atoms with Gasteiger partial charge >= 0.3 is 5.97 Å². The highest BCUT2D eigenvalue weighted by molar-refractivity contribution is 7.89. The minimum Gasteiger partial charge on any atom is -0.478 e. The summed E-state index contributed by atoms with van der Waals surface area (Å²) < 4.78 is 26.5. The summed E-state index contributed by atoms with van der Waals surface area (Å²) in [6, 6.07) is 2.44. The second-order valence-corrected chi connectivity index (χ2v) is 7.90. The molecule has 8 heteroatoms. The molecule has 0 aliphatic carbocycles. The summed E-state index contributed by atoms with van der Waals surface area (Å²) >= 11 is 11.7. The molecule has 21 heavy (non-hydrogen) atoms. The van der Waals surface area contributed by atoms with Gasteiger partial charge in [0.1, 0.15) is 4.90 Å². The predicted octanol–water partition coefficient (Wildman–Crippen LogP) is 3.50. The van der Waals surface area contributed by atoms with Crippen LogP contribution in [0.25, 0.3) is 0 Å². The molecule has 0 aliphatic heterocycles. The van der Waals surface area contributed by atoms with E-state index in [1.54, 1.807) is 13.8 Å². The van der Waals surface area contributed by atoms with Crippen LogP contribution >= 0.6 is 23.2 Å². The molecule has 0 saturated carbocycles. The molecule has 1 aromatic carbocycles. The average Bonchev–Trinajstić information content (AvgIpc) is 2.36. The fourth-order valence-electron chi connectivity index (χ4n) is 1.62. The topological polar surface area (TPSA) is 74.7 Å². The molecule has 0 heterocycles. The van der Waals surface area contributed by atoms with Crippen molar-refractivity contribution in [2.75, 3.05) is 7.05 Å². The van der Waals surface area contributed by atoms with Gasteiger partial charge in [-0.15, -0.1) is 0 Å². The van der Waals surface area contributed by atoms with Crippen LogP contribution in [-0.2, 0) is 10.0 Å². The lowest BCUT2D eigenvalue weighted by atomic mass is 10.0. The molecule has 0 atom stereocenters. The zero-order valence-corrected chi connectivity index (χ0v) is 14.5. The van der Waals surface area contributed by atoms with Crippen molar-refractivity contribution in [1.82, 2.24) is 4.31 Å². The zero-order chi connectivity index (χ0) is 16.6. The first-order valence-electron chi connectivity index (χ1n) is 6.17. The van der Waals surface area contributed by atoms with Crippen molar-refractivity contribution in [2.45, 2.75) is 37.6 Å². The van der Waals surface area contributed by atoms with Crippen LogP contribution in [0.5, 0.6) is 0 Å². The van der Waals surface area contributed by atoms with Crippen LogP contribution in [0.1, 0.15) is 37.6 Å². The first-order chi connectivity index (χ1) is 9.46. The van der Waals surface area contributed by atoms with E-state index in [1.807, 2.05) is 6.92 Å². The molecule has 0 unspecified atom stereocenters. The minimum atomic E-state index is -3.93. The van der Waals surface area contributed by atoms with E-state index in [1.165, 1.54) is 23.5 Å². The molecule has 0 amide bonds. The molecule has 0 fully saturated rings. The highest BCUT2D eigenvalue weighted by atomic mass is 35.5. The molecule has 5 nitrogen and oxygen atoms in total. The summed E-state index contributed by atoms with van der Waals surface area (Å²) in [5.74, 6) is -1.38. The Bertz CT molecular complexity index is 671. The van der Waals surface area contributed by atoms with Crippen LogP contribution < -0.4 is 0 Å². The molecule has 0 saturated heterocycles. The van der Waals surface area contributed by atoms with E-state index < -0.39 is 27.1 Å². The largest absolute Gasteiger partial charge is 0.478 e. The van der Waals surface area contributed by atoms with Crippen molar-refractivity contribution in [2.24, 2.45) is 0 Å². The maximum absolute atomic E-state index is 12.7. The quantitative estimate of drug-likeness (QED) is 0.878. The van der Waals surface area contributed by atoms with Crippen LogP contribution in [0.4, 0.5) is 0 Å². The zero-order valence-electron chi connectivity index (χ0n) is 12.1. The second kappa shape index (κ2) is 6.12. The Morgan fingerprint density at radius 3 is 2.29 bits per heavy atom. The van der Waals surface area contributed by atoms with Gasteiger partial charge in [-0.1, -0.05) is 30.1 Å². The Labute approximate surface area is 134 Å². The smallest absolute Gasteiger partial charge is 0.338 e. The van der Waals surface area contributed by atoms with Crippen LogP contribution in [0.15, 0.2) is 17.0 Å². The number of carboxylic acid groups (broad SMARTS) is 1. The van der Waals surface area contributed by atoms with Gasteiger partial charge in [0.2, 0.25) is 10.0 Å². The highest BCUT2D eigenvalue weighted by Crippen LogP contribution is 2.34. The Kier molecular flexibility index (Phi) is 5.31. The maximum atomic E-state index is 12.7. The molecule has 0 aliphatic rings. The first-order valence-corrected chi connectivity index (χ1v) is 8.36. The summed E-state index contributed by atoms with van der Waals surface area (Å²) in [6.45, 7) is 5.40. The predicted molar refractivity (Wildman–Crippen MR) is 82.7 cm³/mol. The number of halogens is 2. The van der Waals surface area contributed by atoms with Gasteiger partial charge in [-0.3, -0.25) is 0 Å². The number of nitrogens with zero attached hydrogens (tertiary/aromatic N) is 1. The van der Waals surface area contributed by atoms with E-state index in [-0.39, 0.29) is 14.9 Å². The summed E-state index contributed by atoms with van der Waals surface area (Å²) in [6.07, 6.45) is 0.583. The van der Waals surface area contributed by atoms with E-state index in [0.29, 0.717) is 6.42 Å². The number of aromatic carboxylic acids is 1. The second-order valence-electron chi connectivity index (χ2n) is 5.18. The average molecular weight is 354 g/mol. The Balaban J connectivity index is 3.54. The van der Waals surface area contributed by atoms with Crippen molar-refractivity contribution in [3.8, 4) is 0 Å². The lowest BCUT2D eigenvalue weighted by molar-refractivity contribution is 0.0697. The number of sulfonamides is 1. The fraction of sp³-hybridized carbons (Fsp3) is 0.462. The lowest BCUT2D eigenvalue weighted by Gasteiger charge is -2.34. The van der Waals surface area contributed by atoms with Crippen molar-refractivity contribution in [3.63, 3.8) is 0 Å². The molecular weight excluding hydrogens is 337 g/mol. The van der Waals surface area contributed by atoms with Gasteiger partial charge in [0.25, 0.3) is 0 Å². The summed E-state index contributed by atoms with van der Waals surface area (Å²) in [4.78, 5) is 10.9. The van der Waals surface area contributed by atoms with Crippen LogP contribution in [0, 0.1) is 0 Å². The van der Waals surface area contributed by atoms with Crippen LogP contribution in [0.3, 0.4) is 0 Å². The van der Waals surface area contributed by atoms with E-state index >= 15 is 0 Å². The highest BCUT2D eigenvalue weighted by Gasteiger charge is 2.35. The number of benzene rings is 1. The van der Waals surface area contributed by atoms with Gasteiger partial charge in [-0.05, 0) is 32.4 Å². The minimum absolute atomic E-state index is 0.108. The third-order valence-electron chi connectivity index (χ3n) is 3.63. The number of hydrogen-bond acceptors (Lipinski definition) is 3. The monoisotopic (exact) mass is 353 g/mol. The SMILES string of the molecule is CCC(C)(C)N(C)S(=O)(=O)c1ccc(Cl)c(C(=O)O)c1Cl. The van der Waals surface area contributed by atoms with Gasteiger partial charge in [-0.2, -0.15) is 4.31 Å². The third-order valence-corrected chi connectivity index (χ3v) is 6.56. The summed E-state index contributed by atoms with van der Waals surface area (Å²) in [7, 11) is -2.50. The summed E-state index contributed by atoms with van der Waals surface area (Å²) in [5, 5.41) is 8.62. The van der Waals surface area contributed by atoms with Crippen molar-refractivity contribution < 1.29 is 18.3 Å². The van der Waals surface area contributed by atoms with Crippen molar-refractivity contribution in [1.29, 1.82) is 0 Å². The van der Waals surface area contributed by atoms with E-state index in [0.717, 1.165) is 0 Å². The summed E-state index contributed by atoms with van der Waals surface area (Å²) in [5.41, 5.74) is -1.05. The van der Waals surface area contributed by atoms with Gasteiger partial charge in [0, 0.05) is 12.6 Å². The van der Waals surface area contributed by atoms with Gasteiger partial charge in [0.15, 0.2) is 0 Å². The first kappa shape index (κ1) is 18.2. The van der Waals surface area contributed by atoms with E-state index in [2.05, 4.69) is 0 Å². The number of carboxylic acids is 1. The normalized spacial score (nSPS) is 12.7. The van der Waals surface area contributed by atoms with E-state index in [4.69, 9.17) is 28.3 Å². The Morgan fingerprint density at radius 1 is 1.33 bits per heavy atom. The standard InChI is InChI=1S/C13H17Cl2NO4S/c1-5-13(2,3)16(4)21(19,20)9-7-6-8(14)10(11(9)15)12(17)18/h6-7H,5H2,1-4H3,(H,17,18). The Hall–Kier alpha value is -0.820. The Morgan fingerprint density at radius 2 is 1.86 bits per heavy atom. The van der Waals surface area contributed by atoms with Crippen LogP contribution in [0.2, 0.25) is 10.0 Å². The molecule has 1 N–H and O–H groups in total. The van der Waals surface area contributed by atoms with Gasteiger partial charge < -0.3 is 5.11 Å². The maximum Gasteiger partial charge on any atom is 0.338 e. The fourth-order valence-corrected chi connectivity index (χ4v) is 4.09. The van der Waals surface area contributed by atoms with Gasteiger partial charge in [-0.25, -0.2) is 13.2 Å². The molecule has 1 rings (SSSR count). The third kappa shape index (κ3) is 3.34. The van der Waals surface area contributed by atoms with Crippen molar-refractivity contribution >= 4 is 39.2 Å². The van der Waals surface area contributed by atoms with Gasteiger partial charge in [0.05, 0.1) is 15.6 Å². The van der Waals surface area contributed by atoms with Crippen molar-refractivity contribution in [3.05, 3.63) is 27.7 Å². The molecule has 0 aromatic heterocycles. The van der Waals surface area contributed by atoms with Crippen LogP contribution in [-0.4, -0.2) is 36.4 Å². The lowest BCUT2D eigenvalue weighted by Crippen LogP contribution is -2.44. The molecule has 0 spiro atoms. The molecule has 1 aromatic rings. The molecular formula is C13H17Cl2NO4S. The van der Waals surface area contributed by atoms with E-state index in [9.17, 15) is 13.2 Å². The molecule has 0 bridgehead atoms. The molecule has 0 radical (unpaired) electrons.